The van der Waals surface area contributed by atoms with Gasteiger partial charge in [-0.25, -0.2) is 0 Å². The van der Waals surface area contributed by atoms with Crippen LogP contribution in [0.1, 0.15) is 18.9 Å². The van der Waals surface area contributed by atoms with E-state index < -0.39 is 0 Å². The fourth-order valence-corrected chi connectivity index (χ4v) is 3.11. The zero-order valence-electron chi connectivity index (χ0n) is 9.42. The minimum atomic E-state index is 0.871. The monoisotopic (exact) mass is 253 g/mol. The second-order valence-electron chi connectivity index (χ2n) is 3.88. The summed E-state index contributed by atoms with van der Waals surface area (Å²) in [5.41, 5.74) is 1.41. The maximum Gasteiger partial charge on any atom is 0.0584 e. The van der Waals surface area contributed by atoms with Gasteiger partial charge in [0.1, 0.15) is 0 Å². The van der Waals surface area contributed by atoms with Crippen LogP contribution in [0, 0.1) is 0 Å². The van der Waals surface area contributed by atoms with Gasteiger partial charge in [-0.3, -0.25) is 0 Å². The normalized spacial score (nSPS) is 11.1. The van der Waals surface area contributed by atoms with Crippen molar-refractivity contribution < 1.29 is 0 Å². The fraction of sp³-hybridized carbons (Fsp3) is 0.385. The van der Waals surface area contributed by atoms with Gasteiger partial charge in [-0.05, 0) is 48.3 Å². The molecule has 1 N–H and O–H groups in total. The highest BCUT2D eigenvalue weighted by atomic mass is 35.5. The minimum absolute atomic E-state index is 0.871. The van der Waals surface area contributed by atoms with Crippen molar-refractivity contribution >= 4 is 33.0 Å². The molecule has 0 aliphatic carbocycles. The summed E-state index contributed by atoms with van der Waals surface area (Å²) in [6.07, 6.45) is 2.27. The van der Waals surface area contributed by atoms with E-state index in [9.17, 15) is 0 Å². The van der Waals surface area contributed by atoms with Gasteiger partial charge < -0.3 is 5.32 Å². The van der Waals surface area contributed by atoms with Crippen LogP contribution in [0.2, 0.25) is 5.02 Å². The van der Waals surface area contributed by atoms with E-state index >= 15 is 0 Å². The first-order valence-corrected chi connectivity index (χ1v) is 6.94. The Morgan fingerprint density at radius 3 is 3.00 bits per heavy atom. The van der Waals surface area contributed by atoms with E-state index in [1.807, 2.05) is 12.1 Å². The van der Waals surface area contributed by atoms with Gasteiger partial charge in [-0.15, -0.1) is 11.3 Å². The molecular weight excluding hydrogens is 238 g/mol. The molecule has 0 unspecified atom stereocenters. The average Bonchev–Trinajstić information content (AvgIpc) is 2.70. The molecular formula is C13H16ClNS. The molecule has 0 aliphatic rings. The maximum absolute atomic E-state index is 6.15. The zero-order chi connectivity index (χ0) is 11.4. The SMILES string of the molecule is CCCNCCc1csc2c(Cl)cccc12. The van der Waals surface area contributed by atoms with Crippen LogP contribution in [0.15, 0.2) is 23.6 Å². The number of rotatable bonds is 5. The number of benzene rings is 1. The Labute approximate surface area is 105 Å². The first-order valence-electron chi connectivity index (χ1n) is 5.68. The molecule has 0 fully saturated rings. The lowest BCUT2D eigenvalue weighted by molar-refractivity contribution is 0.673. The Morgan fingerprint density at radius 1 is 1.31 bits per heavy atom. The molecule has 0 bridgehead atoms. The molecule has 0 radical (unpaired) electrons. The summed E-state index contributed by atoms with van der Waals surface area (Å²) < 4.78 is 1.22. The lowest BCUT2D eigenvalue weighted by atomic mass is 10.1. The molecule has 0 amide bonds. The topological polar surface area (TPSA) is 12.0 Å². The summed E-state index contributed by atoms with van der Waals surface area (Å²) in [5, 5.41) is 7.84. The van der Waals surface area contributed by atoms with Crippen LogP contribution >= 0.6 is 22.9 Å². The highest BCUT2D eigenvalue weighted by Crippen LogP contribution is 2.31. The Balaban J connectivity index is 2.10. The maximum atomic E-state index is 6.15. The van der Waals surface area contributed by atoms with Gasteiger partial charge >= 0.3 is 0 Å². The summed E-state index contributed by atoms with van der Waals surface area (Å²) in [5.74, 6) is 0. The van der Waals surface area contributed by atoms with E-state index in [0.29, 0.717) is 0 Å². The van der Waals surface area contributed by atoms with Gasteiger partial charge in [-0.1, -0.05) is 30.7 Å². The number of thiophene rings is 1. The van der Waals surface area contributed by atoms with Crippen molar-refractivity contribution in [3.05, 3.63) is 34.2 Å². The third-order valence-corrected chi connectivity index (χ3v) is 4.13. The second kappa shape index (κ2) is 5.67. The Hall–Kier alpha value is -0.570. The van der Waals surface area contributed by atoms with E-state index in [4.69, 9.17) is 11.6 Å². The molecule has 0 saturated carbocycles. The van der Waals surface area contributed by atoms with E-state index in [1.165, 1.54) is 22.1 Å². The molecule has 1 nitrogen and oxygen atoms in total. The van der Waals surface area contributed by atoms with E-state index in [-0.39, 0.29) is 0 Å². The fourth-order valence-electron chi connectivity index (χ4n) is 1.79. The molecule has 0 saturated heterocycles. The summed E-state index contributed by atoms with van der Waals surface area (Å²) in [7, 11) is 0. The third-order valence-electron chi connectivity index (χ3n) is 2.63. The Morgan fingerprint density at radius 2 is 2.19 bits per heavy atom. The molecule has 16 heavy (non-hydrogen) atoms. The van der Waals surface area contributed by atoms with E-state index in [0.717, 1.165) is 24.5 Å². The Kier molecular flexibility index (Phi) is 4.22. The number of hydrogen-bond donors (Lipinski definition) is 1. The van der Waals surface area contributed by atoms with Crippen molar-refractivity contribution in [3.8, 4) is 0 Å². The third kappa shape index (κ3) is 2.57. The second-order valence-corrected chi connectivity index (χ2v) is 5.16. The highest BCUT2D eigenvalue weighted by molar-refractivity contribution is 7.18. The van der Waals surface area contributed by atoms with Gasteiger partial charge in [0.25, 0.3) is 0 Å². The summed E-state index contributed by atoms with van der Waals surface area (Å²) in [4.78, 5) is 0. The van der Waals surface area contributed by atoms with Crippen molar-refractivity contribution in [2.45, 2.75) is 19.8 Å². The highest BCUT2D eigenvalue weighted by Gasteiger charge is 2.05. The smallest absolute Gasteiger partial charge is 0.0584 e. The summed E-state index contributed by atoms with van der Waals surface area (Å²) >= 11 is 7.89. The molecule has 1 heterocycles. The van der Waals surface area contributed by atoms with Crippen LogP contribution in [-0.2, 0) is 6.42 Å². The molecule has 0 spiro atoms. The molecule has 86 valence electrons. The van der Waals surface area contributed by atoms with Crippen molar-refractivity contribution in [1.29, 1.82) is 0 Å². The molecule has 0 atom stereocenters. The molecule has 2 rings (SSSR count). The van der Waals surface area contributed by atoms with Crippen LogP contribution in [0.5, 0.6) is 0 Å². The van der Waals surface area contributed by atoms with Crippen LogP contribution in [0.4, 0.5) is 0 Å². The first kappa shape index (κ1) is 11.9. The predicted molar refractivity (Wildman–Crippen MR) is 73.7 cm³/mol. The molecule has 2 aromatic rings. The lowest BCUT2D eigenvalue weighted by Gasteiger charge is -2.02. The first-order chi connectivity index (χ1) is 7.83. The largest absolute Gasteiger partial charge is 0.316 e. The van der Waals surface area contributed by atoms with Crippen molar-refractivity contribution in [3.63, 3.8) is 0 Å². The summed E-state index contributed by atoms with van der Waals surface area (Å²) in [6.45, 7) is 4.34. The molecule has 0 aliphatic heterocycles. The quantitative estimate of drug-likeness (QED) is 0.792. The molecule has 1 aromatic heterocycles. The molecule has 1 aromatic carbocycles. The Bertz CT molecular complexity index is 464. The number of halogens is 1. The van der Waals surface area contributed by atoms with Gasteiger partial charge in [0.2, 0.25) is 0 Å². The predicted octanol–water partition coefficient (Wildman–Crippen LogP) is 4.10. The summed E-state index contributed by atoms with van der Waals surface area (Å²) in [6, 6.07) is 6.15. The minimum Gasteiger partial charge on any atom is -0.316 e. The zero-order valence-corrected chi connectivity index (χ0v) is 11.0. The number of hydrogen-bond acceptors (Lipinski definition) is 2. The van der Waals surface area contributed by atoms with Crippen LogP contribution in [0.25, 0.3) is 10.1 Å². The number of nitrogens with one attached hydrogen (secondary N) is 1. The van der Waals surface area contributed by atoms with Crippen LogP contribution in [-0.4, -0.2) is 13.1 Å². The molecule has 3 heteroatoms. The number of fused-ring (bicyclic) bond motifs is 1. The van der Waals surface area contributed by atoms with Crippen LogP contribution in [0.3, 0.4) is 0 Å². The van der Waals surface area contributed by atoms with Gasteiger partial charge in [0, 0.05) is 0 Å². The van der Waals surface area contributed by atoms with Crippen molar-refractivity contribution in [1.82, 2.24) is 5.32 Å². The standard InChI is InChI=1S/C13H16ClNS/c1-2-7-15-8-6-10-9-16-13-11(10)4-3-5-12(13)14/h3-5,9,15H,2,6-8H2,1H3. The van der Waals surface area contributed by atoms with Crippen LogP contribution < -0.4 is 5.32 Å². The van der Waals surface area contributed by atoms with Gasteiger partial charge in [-0.2, -0.15) is 0 Å². The van der Waals surface area contributed by atoms with E-state index in [2.05, 4.69) is 23.7 Å². The van der Waals surface area contributed by atoms with E-state index in [1.54, 1.807) is 11.3 Å². The van der Waals surface area contributed by atoms with Crippen molar-refractivity contribution in [2.75, 3.05) is 13.1 Å². The van der Waals surface area contributed by atoms with Gasteiger partial charge in [0.15, 0.2) is 0 Å². The van der Waals surface area contributed by atoms with Gasteiger partial charge in [0.05, 0.1) is 9.72 Å². The average molecular weight is 254 g/mol. The lowest BCUT2D eigenvalue weighted by Crippen LogP contribution is -2.17. The van der Waals surface area contributed by atoms with Crippen molar-refractivity contribution in [2.24, 2.45) is 0 Å².